The molecule has 0 amide bonds. The van der Waals surface area contributed by atoms with E-state index >= 15 is 0 Å². The molecule has 5 heteroatoms. The number of nitrogens with zero attached hydrogens (tertiary/aromatic N) is 2. The molecule has 0 spiro atoms. The summed E-state index contributed by atoms with van der Waals surface area (Å²) in [4.78, 5) is 7.19. The maximum absolute atomic E-state index is 5.56. The maximum Gasteiger partial charge on any atom is 0.108 e. The molecule has 1 aliphatic heterocycles. The van der Waals surface area contributed by atoms with Gasteiger partial charge in [0.2, 0.25) is 0 Å². The highest BCUT2D eigenvalue weighted by atomic mass is 32.1. The number of thiazole rings is 1. The minimum absolute atomic E-state index is 0.450. The average Bonchev–Trinajstić information content (AvgIpc) is 2.83. The van der Waals surface area contributed by atoms with E-state index in [0.29, 0.717) is 6.04 Å². The fraction of sp³-hybridized carbons (Fsp3) is 0.500. The molecule has 1 unspecified atom stereocenters. The molecule has 0 bridgehead atoms. The van der Waals surface area contributed by atoms with Crippen LogP contribution >= 0.6 is 11.3 Å². The number of morpholine rings is 1. The van der Waals surface area contributed by atoms with Gasteiger partial charge in [-0.2, -0.15) is 0 Å². The Balaban J connectivity index is 1.75. The summed E-state index contributed by atoms with van der Waals surface area (Å²) >= 11 is 1.80. The predicted molar refractivity (Wildman–Crippen MR) is 78.6 cm³/mol. The number of rotatable bonds is 4. The summed E-state index contributed by atoms with van der Waals surface area (Å²) < 4.78 is 6.84. The van der Waals surface area contributed by atoms with E-state index in [4.69, 9.17) is 9.72 Å². The Morgan fingerprint density at radius 3 is 3.21 bits per heavy atom. The highest BCUT2D eigenvalue weighted by molar-refractivity contribution is 7.18. The van der Waals surface area contributed by atoms with Crippen LogP contribution in [-0.2, 0) is 11.3 Å². The summed E-state index contributed by atoms with van der Waals surface area (Å²) in [6.45, 7) is 4.51. The topological polar surface area (TPSA) is 37.4 Å². The molecule has 2 aromatic rings. The van der Waals surface area contributed by atoms with Crippen LogP contribution in [0.2, 0.25) is 0 Å². The molecule has 1 fully saturated rings. The van der Waals surface area contributed by atoms with Gasteiger partial charge in [0.25, 0.3) is 0 Å². The zero-order chi connectivity index (χ0) is 13.1. The lowest BCUT2D eigenvalue weighted by Crippen LogP contribution is -2.49. The summed E-state index contributed by atoms with van der Waals surface area (Å²) in [6.07, 6.45) is 0. The summed E-state index contributed by atoms with van der Waals surface area (Å²) in [5.74, 6) is 0. The first-order valence-electron chi connectivity index (χ1n) is 6.67. The second kappa shape index (κ2) is 5.96. The Labute approximate surface area is 117 Å². The van der Waals surface area contributed by atoms with Gasteiger partial charge in [0.15, 0.2) is 0 Å². The molecule has 1 N–H and O–H groups in total. The Morgan fingerprint density at radius 1 is 1.47 bits per heavy atom. The third-order valence-corrected chi connectivity index (χ3v) is 4.49. The lowest BCUT2D eigenvalue weighted by atomic mass is 10.2. The molecule has 0 saturated carbocycles. The highest BCUT2D eigenvalue weighted by Crippen LogP contribution is 2.23. The van der Waals surface area contributed by atoms with Crippen LogP contribution in [0.5, 0.6) is 0 Å². The van der Waals surface area contributed by atoms with Gasteiger partial charge in [-0.25, -0.2) is 4.98 Å². The molecular formula is C14H19N3OS. The maximum atomic E-state index is 5.56. The average molecular weight is 277 g/mol. The van der Waals surface area contributed by atoms with E-state index in [1.54, 1.807) is 11.3 Å². The number of hydrogen-bond donors (Lipinski definition) is 1. The second-order valence-electron chi connectivity index (χ2n) is 4.83. The summed E-state index contributed by atoms with van der Waals surface area (Å²) in [5, 5.41) is 4.44. The first kappa shape index (κ1) is 13.0. The first-order valence-corrected chi connectivity index (χ1v) is 7.49. The van der Waals surface area contributed by atoms with Gasteiger partial charge >= 0.3 is 0 Å². The van der Waals surface area contributed by atoms with Crippen molar-refractivity contribution in [3.63, 3.8) is 0 Å². The number of para-hydroxylation sites is 1. The number of ether oxygens (including phenoxy) is 1. The quantitative estimate of drug-likeness (QED) is 0.923. The highest BCUT2D eigenvalue weighted by Gasteiger charge is 2.23. The van der Waals surface area contributed by atoms with Crippen LogP contribution in [0.1, 0.15) is 5.01 Å². The molecule has 4 nitrogen and oxygen atoms in total. The van der Waals surface area contributed by atoms with Crippen molar-refractivity contribution in [3.05, 3.63) is 29.3 Å². The molecule has 0 radical (unpaired) electrons. The van der Waals surface area contributed by atoms with Crippen molar-refractivity contribution in [2.45, 2.75) is 12.6 Å². The van der Waals surface area contributed by atoms with Crippen LogP contribution in [0.25, 0.3) is 10.2 Å². The Kier molecular flexibility index (Phi) is 4.08. The minimum Gasteiger partial charge on any atom is -0.378 e. The zero-order valence-electron chi connectivity index (χ0n) is 11.1. The lowest BCUT2D eigenvalue weighted by molar-refractivity contribution is -0.0103. The van der Waals surface area contributed by atoms with Crippen molar-refractivity contribution in [3.8, 4) is 0 Å². The van der Waals surface area contributed by atoms with E-state index in [-0.39, 0.29) is 0 Å². The largest absolute Gasteiger partial charge is 0.378 e. The molecular weight excluding hydrogens is 258 g/mol. The SMILES string of the molecule is CNCC1COCCN1Cc1nc2ccccc2s1. The van der Waals surface area contributed by atoms with Crippen LogP contribution in [0.3, 0.4) is 0 Å². The number of hydrogen-bond acceptors (Lipinski definition) is 5. The Morgan fingerprint density at radius 2 is 2.37 bits per heavy atom. The van der Waals surface area contributed by atoms with E-state index in [1.807, 2.05) is 13.1 Å². The second-order valence-corrected chi connectivity index (χ2v) is 5.95. The third-order valence-electron chi connectivity index (χ3n) is 3.47. The molecule has 1 aromatic carbocycles. The molecule has 1 aromatic heterocycles. The van der Waals surface area contributed by atoms with Crippen molar-refractivity contribution in [1.29, 1.82) is 0 Å². The van der Waals surface area contributed by atoms with Crippen molar-refractivity contribution < 1.29 is 4.74 Å². The molecule has 1 saturated heterocycles. The molecule has 1 atom stereocenters. The van der Waals surface area contributed by atoms with Gasteiger partial charge in [-0.05, 0) is 19.2 Å². The Bertz CT molecular complexity index is 507. The van der Waals surface area contributed by atoms with Gasteiger partial charge < -0.3 is 10.1 Å². The molecule has 0 aliphatic carbocycles. The smallest absolute Gasteiger partial charge is 0.108 e. The predicted octanol–water partition coefficient (Wildman–Crippen LogP) is 1.72. The van der Waals surface area contributed by atoms with Crippen LogP contribution < -0.4 is 5.32 Å². The molecule has 102 valence electrons. The Hall–Kier alpha value is -1.01. The standard InChI is InChI=1S/C14H19N3OS/c1-15-8-11-10-18-7-6-17(11)9-14-16-12-4-2-3-5-13(12)19-14/h2-5,11,15H,6-10H2,1H3. The van der Waals surface area contributed by atoms with Gasteiger partial charge in [-0.1, -0.05) is 12.1 Å². The van der Waals surface area contributed by atoms with Gasteiger partial charge in [-0.3, -0.25) is 4.90 Å². The van der Waals surface area contributed by atoms with Crippen LogP contribution in [-0.4, -0.2) is 49.3 Å². The van der Waals surface area contributed by atoms with Crippen molar-refractivity contribution in [1.82, 2.24) is 15.2 Å². The number of aromatic nitrogens is 1. The van der Waals surface area contributed by atoms with Gasteiger partial charge in [-0.15, -0.1) is 11.3 Å². The lowest BCUT2D eigenvalue weighted by Gasteiger charge is -2.34. The van der Waals surface area contributed by atoms with Crippen molar-refractivity contribution in [2.75, 3.05) is 33.4 Å². The van der Waals surface area contributed by atoms with Crippen molar-refractivity contribution >= 4 is 21.6 Å². The van der Waals surface area contributed by atoms with E-state index in [1.165, 1.54) is 9.71 Å². The zero-order valence-corrected chi connectivity index (χ0v) is 11.9. The van der Waals surface area contributed by atoms with Crippen LogP contribution in [0.4, 0.5) is 0 Å². The van der Waals surface area contributed by atoms with E-state index in [2.05, 4.69) is 28.4 Å². The molecule has 19 heavy (non-hydrogen) atoms. The van der Waals surface area contributed by atoms with E-state index in [0.717, 1.165) is 38.4 Å². The van der Waals surface area contributed by atoms with E-state index in [9.17, 15) is 0 Å². The van der Waals surface area contributed by atoms with Crippen molar-refractivity contribution in [2.24, 2.45) is 0 Å². The monoisotopic (exact) mass is 277 g/mol. The van der Waals surface area contributed by atoms with Gasteiger partial charge in [0.1, 0.15) is 5.01 Å². The number of nitrogens with one attached hydrogen (secondary N) is 1. The summed E-state index contributed by atoms with van der Waals surface area (Å²) in [6, 6.07) is 8.79. The van der Waals surface area contributed by atoms with Gasteiger partial charge in [0, 0.05) is 19.1 Å². The summed E-state index contributed by atoms with van der Waals surface area (Å²) in [5.41, 5.74) is 1.11. The van der Waals surface area contributed by atoms with E-state index < -0.39 is 0 Å². The molecule has 2 heterocycles. The third kappa shape index (κ3) is 2.95. The molecule has 3 rings (SSSR count). The summed E-state index contributed by atoms with van der Waals surface area (Å²) in [7, 11) is 1.99. The van der Waals surface area contributed by atoms with Gasteiger partial charge in [0.05, 0.1) is 30.0 Å². The number of likely N-dealkylation sites (N-methyl/N-ethyl adjacent to an activating group) is 1. The number of fused-ring (bicyclic) bond motifs is 1. The fourth-order valence-corrected chi connectivity index (χ4v) is 3.48. The van der Waals surface area contributed by atoms with Crippen LogP contribution in [0.15, 0.2) is 24.3 Å². The van der Waals surface area contributed by atoms with Crippen LogP contribution in [0, 0.1) is 0 Å². The fourth-order valence-electron chi connectivity index (χ4n) is 2.48. The molecule has 1 aliphatic rings. The minimum atomic E-state index is 0.450. The normalized spacial score (nSPS) is 21.0. The first-order chi connectivity index (χ1) is 9.36. The number of benzene rings is 1.